The van der Waals surface area contributed by atoms with Crippen LogP contribution in [0.15, 0.2) is 0 Å². The van der Waals surface area contributed by atoms with E-state index in [0.29, 0.717) is 24.8 Å². The average Bonchev–Trinajstić information content (AvgIpc) is 2.69. The Morgan fingerprint density at radius 2 is 2.12 bits per heavy atom. The maximum Gasteiger partial charge on any atom is 0.243 e. The SMILES string of the molecule is CCC1CCCC1NC1CCC(=O)NC1=O. The molecule has 90 valence electrons. The normalized spacial score (nSPS) is 35.2. The Morgan fingerprint density at radius 3 is 2.81 bits per heavy atom. The molecule has 2 rings (SSSR count). The molecule has 2 amide bonds. The molecule has 2 aliphatic rings. The number of imide groups is 1. The zero-order valence-corrected chi connectivity index (χ0v) is 9.79. The Kier molecular flexibility index (Phi) is 3.59. The van der Waals surface area contributed by atoms with Gasteiger partial charge in [-0.15, -0.1) is 0 Å². The molecule has 1 saturated heterocycles. The summed E-state index contributed by atoms with van der Waals surface area (Å²) in [6.07, 6.45) is 5.97. The summed E-state index contributed by atoms with van der Waals surface area (Å²) >= 11 is 0. The van der Waals surface area contributed by atoms with Crippen molar-refractivity contribution in [2.75, 3.05) is 0 Å². The van der Waals surface area contributed by atoms with Crippen LogP contribution in [0.1, 0.15) is 45.4 Å². The molecular formula is C12H20N2O2. The number of hydrogen-bond donors (Lipinski definition) is 2. The van der Waals surface area contributed by atoms with E-state index in [-0.39, 0.29) is 17.9 Å². The Hall–Kier alpha value is -0.900. The molecule has 0 radical (unpaired) electrons. The lowest BCUT2D eigenvalue weighted by Crippen LogP contribution is -2.54. The van der Waals surface area contributed by atoms with E-state index in [1.807, 2.05) is 0 Å². The molecule has 16 heavy (non-hydrogen) atoms. The first-order valence-electron chi connectivity index (χ1n) is 6.30. The second-order valence-electron chi connectivity index (χ2n) is 4.88. The number of hydrogen-bond acceptors (Lipinski definition) is 3. The Labute approximate surface area is 96.2 Å². The van der Waals surface area contributed by atoms with Crippen LogP contribution >= 0.6 is 0 Å². The summed E-state index contributed by atoms with van der Waals surface area (Å²) in [7, 11) is 0. The van der Waals surface area contributed by atoms with E-state index < -0.39 is 0 Å². The smallest absolute Gasteiger partial charge is 0.243 e. The van der Waals surface area contributed by atoms with E-state index >= 15 is 0 Å². The minimum Gasteiger partial charge on any atom is -0.303 e. The first-order chi connectivity index (χ1) is 7.70. The van der Waals surface area contributed by atoms with Gasteiger partial charge in [0, 0.05) is 12.5 Å². The highest BCUT2D eigenvalue weighted by atomic mass is 16.2. The van der Waals surface area contributed by atoms with Crippen LogP contribution in [0.25, 0.3) is 0 Å². The van der Waals surface area contributed by atoms with Gasteiger partial charge in [-0.25, -0.2) is 0 Å². The molecule has 0 aromatic heterocycles. The summed E-state index contributed by atoms with van der Waals surface area (Å²) in [4.78, 5) is 22.6. The molecule has 1 aliphatic carbocycles. The van der Waals surface area contributed by atoms with Gasteiger partial charge < -0.3 is 5.32 Å². The van der Waals surface area contributed by atoms with Crippen molar-refractivity contribution < 1.29 is 9.59 Å². The van der Waals surface area contributed by atoms with E-state index in [9.17, 15) is 9.59 Å². The lowest BCUT2D eigenvalue weighted by molar-refractivity contribution is -0.134. The number of amides is 2. The van der Waals surface area contributed by atoms with Gasteiger partial charge in [0.25, 0.3) is 0 Å². The fourth-order valence-electron chi connectivity index (χ4n) is 2.86. The number of carbonyl (C=O) groups excluding carboxylic acids is 2. The lowest BCUT2D eigenvalue weighted by atomic mass is 9.98. The first kappa shape index (κ1) is 11.6. The van der Waals surface area contributed by atoms with Gasteiger partial charge in [-0.05, 0) is 25.2 Å². The zero-order valence-electron chi connectivity index (χ0n) is 9.79. The van der Waals surface area contributed by atoms with Crippen LogP contribution in [0.5, 0.6) is 0 Å². The molecule has 2 fully saturated rings. The van der Waals surface area contributed by atoms with Crippen molar-refractivity contribution in [3.8, 4) is 0 Å². The molecule has 1 aliphatic heterocycles. The van der Waals surface area contributed by atoms with Gasteiger partial charge in [-0.2, -0.15) is 0 Å². The highest BCUT2D eigenvalue weighted by Gasteiger charge is 2.32. The van der Waals surface area contributed by atoms with E-state index in [1.165, 1.54) is 19.3 Å². The van der Waals surface area contributed by atoms with Crippen molar-refractivity contribution >= 4 is 11.8 Å². The molecule has 0 aromatic carbocycles. The quantitative estimate of drug-likeness (QED) is 0.702. The average molecular weight is 224 g/mol. The molecule has 0 aromatic rings. The van der Waals surface area contributed by atoms with Gasteiger partial charge in [-0.1, -0.05) is 19.8 Å². The molecule has 3 unspecified atom stereocenters. The van der Waals surface area contributed by atoms with Gasteiger partial charge in [-0.3, -0.25) is 14.9 Å². The van der Waals surface area contributed by atoms with Crippen molar-refractivity contribution in [2.24, 2.45) is 5.92 Å². The maximum absolute atomic E-state index is 11.6. The van der Waals surface area contributed by atoms with Crippen LogP contribution in [-0.2, 0) is 9.59 Å². The maximum atomic E-state index is 11.6. The van der Waals surface area contributed by atoms with Crippen LogP contribution in [0.3, 0.4) is 0 Å². The van der Waals surface area contributed by atoms with Crippen molar-refractivity contribution in [1.29, 1.82) is 0 Å². The van der Waals surface area contributed by atoms with Crippen molar-refractivity contribution in [3.63, 3.8) is 0 Å². The summed E-state index contributed by atoms with van der Waals surface area (Å²) in [6, 6.07) is 0.309. The summed E-state index contributed by atoms with van der Waals surface area (Å²) < 4.78 is 0. The summed E-state index contributed by atoms with van der Waals surface area (Å²) in [5.41, 5.74) is 0. The van der Waals surface area contributed by atoms with E-state index in [2.05, 4.69) is 17.6 Å². The van der Waals surface area contributed by atoms with Gasteiger partial charge in [0.15, 0.2) is 0 Å². The molecule has 4 nitrogen and oxygen atoms in total. The molecular weight excluding hydrogens is 204 g/mol. The number of carbonyl (C=O) groups is 2. The lowest BCUT2D eigenvalue weighted by Gasteiger charge is -2.28. The third kappa shape index (κ3) is 2.43. The Bertz CT molecular complexity index is 291. The van der Waals surface area contributed by atoms with E-state index in [1.54, 1.807) is 0 Å². The van der Waals surface area contributed by atoms with Crippen LogP contribution in [0.4, 0.5) is 0 Å². The monoisotopic (exact) mass is 224 g/mol. The Morgan fingerprint density at radius 1 is 1.31 bits per heavy atom. The summed E-state index contributed by atoms with van der Waals surface area (Å²) in [5, 5.41) is 5.82. The largest absolute Gasteiger partial charge is 0.303 e. The standard InChI is InChI=1S/C12H20N2O2/c1-2-8-4-3-5-9(8)13-10-6-7-11(15)14-12(10)16/h8-10,13H,2-7H2,1H3,(H,14,15,16). The number of rotatable bonds is 3. The van der Waals surface area contributed by atoms with Gasteiger partial charge in [0.2, 0.25) is 11.8 Å². The van der Waals surface area contributed by atoms with Crippen molar-refractivity contribution in [2.45, 2.75) is 57.5 Å². The third-order valence-electron chi connectivity index (χ3n) is 3.84. The second-order valence-corrected chi connectivity index (χ2v) is 4.88. The third-order valence-corrected chi connectivity index (χ3v) is 3.84. The molecule has 2 N–H and O–H groups in total. The molecule has 0 spiro atoms. The minimum atomic E-state index is -0.158. The Balaban J connectivity index is 1.89. The van der Waals surface area contributed by atoms with Gasteiger partial charge in [0.1, 0.15) is 0 Å². The van der Waals surface area contributed by atoms with E-state index in [4.69, 9.17) is 0 Å². The van der Waals surface area contributed by atoms with Gasteiger partial charge >= 0.3 is 0 Å². The van der Waals surface area contributed by atoms with Crippen LogP contribution in [-0.4, -0.2) is 23.9 Å². The highest BCUT2D eigenvalue weighted by molar-refractivity contribution is 6.00. The second kappa shape index (κ2) is 4.95. The predicted octanol–water partition coefficient (Wildman–Crippen LogP) is 0.960. The van der Waals surface area contributed by atoms with Crippen LogP contribution in [0, 0.1) is 5.92 Å². The molecule has 0 bridgehead atoms. The fourth-order valence-corrected chi connectivity index (χ4v) is 2.86. The predicted molar refractivity (Wildman–Crippen MR) is 60.7 cm³/mol. The number of piperidine rings is 1. The molecule has 3 atom stereocenters. The number of nitrogens with one attached hydrogen (secondary N) is 2. The topological polar surface area (TPSA) is 58.2 Å². The van der Waals surface area contributed by atoms with Crippen LogP contribution < -0.4 is 10.6 Å². The molecule has 4 heteroatoms. The summed E-state index contributed by atoms with van der Waals surface area (Å²) in [6.45, 7) is 2.20. The van der Waals surface area contributed by atoms with Gasteiger partial charge in [0.05, 0.1) is 6.04 Å². The zero-order chi connectivity index (χ0) is 11.5. The minimum absolute atomic E-state index is 0.137. The van der Waals surface area contributed by atoms with Crippen LogP contribution in [0.2, 0.25) is 0 Å². The summed E-state index contributed by atoms with van der Waals surface area (Å²) in [5.74, 6) is 0.421. The highest BCUT2D eigenvalue weighted by Crippen LogP contribution is 2.28. The molecule has 1 heterocycles. The van der Waals surface area contributed by atoms with Crippen molar-refractivity contribution in [1.82, 2.24) is 10.6 Å². The first-order valence-corrected chi connectivity index (χ1v) is 6.30. The molecule has 1 saturated carbocycles. The van der Waals surface area contributed by atoms with Crippen molar-refractivity contribution in [3.05, 3.63) is 0 Å². The fraction of sp³-hybridized carbons (Fsp3) is 0.833. The van der Waals surface area contributed by atoms with E-state index in [0.717, 1.165) is 6.42 Å².